The summed E-state index contributed by atoms with van der Waals surface area (Å²) in [5.41, 5.74) is 0.367. The van der Waals surface area contributed by atoms with Gasteiger partial charge in [0.25, 0.3) is 5.91 Å². The molecule has 34 heavy (non-hydrogen) atoms. The number of para-hydroxylation sites is 1. The van der Waals surface area contributed by atoms with Crippen molar-refractivity contribution in [3.63, 3.8) is 0 Å². The van der Waals surface area contributed by atoms with Crippen molar-refractivity contribution >= 4 is 35.1 Å². The van der Waals surface area contributed by atoms with Crippen LogP contribution in [-0.2, 0) is 14.3 Å². The van der Waals surface area contributed by atoms with E-state index in [4.69, 9.17) is 21.7 Å². The second-order valence-corrected chi connectivity index (χ2v) is 9.16. The first-order chi connectivity index (χ1) is 16.3. The van der Waals surface area contributed by atoms with E-state index in [0.29, 0.717) is 43.5 Å². The number of carbonyl (C=O) groups is 3. The fraction of sp³-hybridized carbons (Fsp3) is 0.600. The molecule has 0 spiro atoms. The van der Waals surface area contributed by atoms with Crippen LogP contribution in [0.3, 0.4) is 0 Å². The fourth-order valence-corrected chi connectivity index (χ4v) is 3.82. The number of nitrogens with one attached hydrogen (secondary N) is 2. The minimum atomic E-state index is -0.835. The number of unbranched alkanes of at least 4 members (excludes halogenated alkanes) is 3. The Kier molecular flexibility index (Phi) is 11.8. The van der Waals surface area contributed by atoms with Gasteiger partial charge in [0, 0.05) is 13.1 Å². The molecule has 2 amide bonds. The minimum Gasteiger partial charge on any atom is -0.493 e. The van der Waals surface area contributed by atoms with E-state index < -0.39 is 17.9 Å². The Bertz CT molecular complexity index is 846. The summed E-state index contributed by atoms with van der Waals surface area (Å²) in [4.78, 5) is 39.3. The molecule has 1 aromatic rings. The van der Waals surface area contributed by atoms with Gasteiger partial charge in [-0.05, 0) is 43.1 Å². The molecule has 1 atom stereocenters. The summed E-state index contributed by atoms with van der Waals surface area (Å²) in [5, 5.41) is 5.55. The van der Waals surface area contributed by atoms with Gasteiger partial charge < -0.3 is 19.7 Å². The Morgan fingerprint density at radius 2 is 1.97 bits per heavy atom. The van der Waals surface area contributed by atoms with E-state index >= 15 is 0 Å². The number of carbonyl (C=O) groups excluding carboxylic acids is 3. The molecule has 1 fully saturated rings. The molecule has 1 heterocycles. The molecule has 188 valence electrons. The van der Waals surface area contributed by atoms with E-state index in [-0.39, 0.29) is 17.4 Å². The molecule has 1 aliphatic heterocycles. The fourth-order valence-electron chi connectivity index (χ4n) is 3.51. The zero-order chi connectivity index (χ0) is 24.9. The summed E-state index contributed by atoms with van der Waals surface area (Å²) >= 11 is 5.45. The number of amides is 2. The van der Waals surface area contributed by atoms with Crippen molar-refractivity contribution in [1.82, 2.24) is 15.5 Å². The predicted molar refractivity (Wildman–Crippen MR) is 135 cm³/mol. The van der Waals surface area contributed by atoms with Crippen LogP contribution in [0.15, 0.2) is 24.3 Å². The van der Waals surface area contributed by atoms with Gasteiger partial charge in [0.2, 0.25) is 5.91 Å². The lowest BCUT2D eigenvalue weighted by atomic mass is 10.1. The second-order valence-electron chi connectivity index (χ2n) is 8.77. The quantitative estimate of drug-likeness (QED) is 0.263. The molecule has 1 aliphatic rings. The Hall–Kier alpha value is -2.68. The Balaban J connectivity index is 1.99. The van der Waals surface area contributed by atoms with Crippen LogP contribution in [0.1, 0.15) is 69.7 Å². The highest BCUT2D eigenvalue weighted by Gasteiger charge is 2.34. The van der Waals surface area contributed by atoms with Crippen LogP contribution in [0.25, 0.3) is 0 Å². The summed E-state index contributed by atoms with van der Waals surface area (Å²) in [7, 11) is 0. The lowest BCUT2D eigenvalue weighted by molar-refractivity contribution is -0.147. The van der Waals surface area contributed by atoms with Gasteiger partial charge in [0.1, 0.15) is 11.8 Å². The molecule has 0 radical (unpaired) electrons. The number of hydrogen-bond donors (Lipinski definition) is 2. The molecule has 0 aliphatic carbocycles. The van der Waals surface area contributed by atoms with Crippen molar-refractivity contribution in [2.45, 2.75) is 65.3 Å². The molecule has 1 unspecified atom stereocenters. The monoisotopic (exact) mass is 491 g/mol. The van der Waals surface area contributed by atoms with Gasteiger partial charge in [0.05, 0.1) is 25.2 Å². The normalized spacial score (nSPS) is 15.6. The second kappa shape index (κ2) is 14.6. The Labute approximate surface area is 207 Å². The van der Waals surface area contributed by atoms with Crippen LogP contribution in [0.2, 0.25) is 0 Å². The minimum absolute atomic E-state index is 0.0950. The first-order valence-electron chi connectivity index (χ1n) is 12.1. The summed E-state index contributed by atoms with van der Waals surface area (Å²) < 4.78 is 11.1. The van der Waals surface area contributed by atoms with Crippen molar-refractivity contribution in [2.24, 2.45) is 5.92 Å². The summed E-state index contributed by atoms with van der Waals surface area (Å²) in [6.07, 6.45) is 4.89. The molecule has 2 N–H and O–H groups in total. The van der Waals surface area contributed by atoms with E-state index in [2.05, 4.69) is 17.6 Å². The molecular formula is C25H37N3O5S. The lowest BCUT2D eigenvalue weighted by Gasteiger charge is -2.36. The first kappa shape index (κ1) is 27.6. The standard InChI is InChI=1S/C25H37N3O5S/c1-4-5-6-9-15-32-21-11-8-7-10-19(21)23(30)27-25(34)28-14-13-26-24(31)20(28)17-22(29)33-16-12-18(2)3/h7-8,10-11,18,20H,4-6,9,12-17H2,1-3H3,(H,26,31)(H,27,30,34). The van der Waals surface area contributed by atoms with E-state index in [1.165, 1.54) is 0 Å². The maximum absolute atomic E-state index is 13.0. The van der Waals surface area contributed by atoms with Crippen LogP contribution in [0.4, 0.5) is 0 Å². The molecule has 1 aromatic carbocycles. The maximum atomic E-state index is 13.0. The zero-order valence-corrected chi connectivity index (χ0v) is 21.2. The number of nitrogens with zero attached hydrogens (tertiary/aromatic N) is 1. The van der Waals surface area contributed by atoms with Crippen molar-refractivity contribution in [3.05, 3.63) is 29.8 Å². The molecule has 8 nitrogen and oxygen atoms in total. The number of rotatable bonds is 12. The van der Waals surface area contributed by atoms with E-state index in [1.54, 1.807) is 23.1 Å². The van der Waals surface area contributed by atoms with Crippen LogP contribution < -0.4 is 15.4 Å². The third-order valence-corrected chi connectivity index (χ3v) is 5.85. The maximum Gasteiger partial charge on any atom is 0.308 e. The van der Waals surface area contributed by atoms with Gasteiger partial charge >= 0.3 is 5.97 Å². The van der Waals surface area contributed by atoms with Crippen LogP contribution >= 0.6 is 12.2 Å². The highest BCUT2D eigenvalue weighted by Crippen LogP contribution is 2.19. The van der Waals surface area contributed by atoms with Crippen molar-refractivity contribution in [2.75, 3.05) is 26.3 Å². The van der Waals surface area contributed by atoms with E-state index in [0.717, 1.165) is 32.1 Å². The summed E-state index contributed by atoms with van der Waals surface area (Å²) in [6, 6.07) is 6.16. The van der Waals surface area contributed by atoms with Crippen LogP contribution in [0.5, 0.6) is 5.75 Å². The van der Waals surface area contributed by atoms with Crippen molar-refractivity contribution in [3.8, 4) is 5.75 Å². The Morgan fingerprint density at radius 1 is 1.21 bits per heavy atom. The third-order valence-electron chi connectivity index (χ3n) is 5.52. The molecule has 0 saturated carbocycles. The molecule has 0 bridgehead atoms. The number of ether oxygens (including phenoxy) is 2. The number of thiocarbonyl (C=S) groups is 1. The molecule has 1 saturated heterocycles. The smallest absolute Gasteiger partial charge is 0.308 e. The zero-order valence-electron chi connectivity index (χ0n) is 20.4. The van der Waals surface area contributed by atoms with Gasteiger partial charge in [-0.2, -0.15) is 0 Å². The number of benzene rings is 1. The van der Waals surface area contributed by atoms with Gasteiger partial charge in [-0.25, -0.2) is 0 Å². The highest BCUT2D eigenvalue weighted by atomic mass is 32.1. The van der Waals surface area contributed by atoms with Gasteiger partial charge in [-0.1, -0.05) is 52.2 Å². The van der Waals surface area contributed by atoms with Crippen molar-refractivity contribution < 1.29 is 23.9 Å². The summed E-state index contributed by atoms with van der Waals surface area (Å²) in [6.45, 7) is 7.82. The molecule has 0 aromatic heterocycles. The lowest BCUT2D eigenvalue weighted by Crippen LogP contribution is -2.60. The Morgan fingerprint density at radius 3 is 2.71 bits per heavy atom. The number of esters is 1. The van der Waals surface area contributed by atoms with Crippen molar-refractivity contribution in [1.29, 1.82) is 0 Å². The third kappa shape index (κ3) is 8.93. The highest BCUT2D eigenvalue weighted by molar-refractivity contribution is 7.80. The van der Waals surface area contributed by atoms with E-state index in [9.17, 15) is 14.4 Å². The molecular weight excluding hydrogens is 454 g/mol. The number of hydrogen-bond acceptors (Lipinski definition) is 6. The molecule has 2 rings (SSSR count). The van der Waals surface area contributed by atoms with E-state index in [1.807, 2.05) is 19.9 Å². The SMILES string of the molecule is CCCCCCOc1ccccc1C(=O)NC(=S)N1CCNC(=O)C1CC(=O)OCCC(C)C. The van der Waals surface area contributed by atoms with Gasteiger partial charge in [0.15, 0.2) is 5.11 Å². The number of piperazine rings is 1. The molecule has 9 heteroatoms. The summed E-state index contributed by atoms with van der Waals surface area (Å²) in [5.74, 6) is -0.309. The first-order valence-corrected chi connectivity index (χ1v) is 12.5. The van der Waals surface area contributed by atoms with Gasteiger partial charge in [-0.3, -0.25) is 19.7 Å². The predicted octanol–water partition coefficient (Wildman–Crippen LogP) is 3.44. The average molecular weight is 492 g/mol. The topological polar surface area (TPSA) is 97.0 Å². The largest absolute Gasteiger partial charge is 0.493 e. The van der Waals surface area contributed by atoms with Crippen LogP contribution in [-0.4, -0.2) is 60.1 Å². The average Bonchev–Trinajstić information content (AvgIpc) is 2.80. The van der Waals surface area contributed by atoms with Gasteiger partial charge in [-0.15, -0.1) is 0 Å². The van der Waals surface area contributed by atoms with Crippen LogP contribution in [0, 0.1) is 5.92 Å².